The van der Waals surface area contributed by atoms with Crippen LogP contribution in [0, 0.1) is 0 Å². The van der Waals surface area contributed by atoms with Gasteiger partial charge in [0, 0.05) is 63.4 Å². The van der Waals surface area contributed by atoms with E-state index < -0.39 is 0 Å². The number of aliphatic imine (C=N–C) groups is 2. The van der Waals surface area contributed by atoms with Gasteiger partial charge in [-0.05, 0) is 69.6 Å². The van der Waals surface area contributed by atoms with Crippen molar-refractivity contribution in [3.63, 3.8) is 0 Å². The van der Waals surface area contributed by atoms with Crippen LogP contribution >= 0.6 is 0 Å². The molecule has 5 rings (SSSR count). The van der Waals surface area contributed by atoms with Crippen molar-refractivity contribution in [1.82, 2.24) is 10.6 Å². The van der Waals surface area contributed by atoms with Crippen molar-refractivity contribution < 1.29 is 16.8 Å². The second-order valence-electron chi connectivity index (χ2n) is 7.42. The van der Waals surface area contributed by atoms with Crippen LogP contribution in [0.3, 0.4) is 0 Å². The van der Waals surface area contributed by atoms with Crippen LogP contribution in [0.1, 0.15) is 51.4 Å². The summed E-state index contributed by atoms with van der Waals surface area (Å²) in [6.45, 7) is 0. The molecule has 2 saturated heterocycles. The average molecular weight is 367 g/mol. The number of fused-ring (bicyclic) bond motifs is 7. The van der Waals surface area contributed by atoms with E-state index in [4.69, 9.17) is 9.98 Å². The van der Waals surface area contributed by atoms with Crippen molar-refractivity contribution in [3.05, 3.63) is 35.3 Å². The second kappa shape index (κ2) is 6.62. The number of allylic oxidation sites excluding steroid dienone is 5. The van der Waals surface area contributed by atoms with E-state index in [-0.39, 0.29) is 16.8 Å². The van der Waals surface area contributed by atoms with E-state index >= 15 is 0 Å². The smallest absolute Gasteiger partial charge is 0.0428 e. The minimum Gasteiger partial charge on any atom is -0.384 e. The molecule has 5 aliphatic heterocycles. The molecule has 129 valence electrons. The van der Waals surface area contributed by atoms with Crippen molar-refractivity contribution in [2.45, 2.75) is 69.5 Å². The number of rotatable bonds is 0. The number of hydrogen-bond acceptors (Lipinski definition) is 4. The summed E-state index contributed by atoms with van der Waals surface area (Å²) >= 11 is 0. The molecule has 24 heavy (non-hydrogen) atoms. The van der Waals surface area contributed by atoms with Gasteiger partial charge in [0.25, 0.3) is 0 Å². The van der Waals surface area contributed by atoms with Crippen LogP contribution in [0.2, 0.25) is 0 Å². The Kier molecular flexibility index (Phi) is 4.49. The summed E-state index contributed by atoms with van der Waals surface area (Å²) in [4.78, 5) is 9.67. The Morgan fingerprint density at radius 1 is 0.792 bits per heavy atom. The molecule has 0 aromatic rings. The molecule has 5 aliphatic rings. The Morgan fingerprint density at radius 3 is 2.50 bits per heavy atom. The largest absolute Gasteiger partial charge is 0.384 e. The van der Waals surface area contributed by atoms with Gasteiger partial charge in [-0.1, -0.05) is 0 Å². The molecule has 0 amide bonds. The maximum Gasteiger partial charge on any atom is 0.0428 e. The molecule has 5 heterocycles. The minimum absolute atomic E-state index is 0. The monoisotopic (exact) mass is 367 g/mol. The predicted molar refractivity (Wildman–Crippen MR) is 93.7 cm³/mol. The van der Waals surface area contributed by atoms with E-state index in [0.29, 0.717) is 18.1 Å². The van der Waals surface area contributed by atoms with E-state index in [1.165, 1.54) is 54.2 Å². The van der Waals surface area contributed by atoms with Crippen molar-refractivity contribution in [2.75, 3.05) is 0 Å². The van der Waals surface area contributed by atoms with Gasteiger partial charge in [-0.3, -0.25) is 9.98 Å². The number of hydrogen-bond donors (Lipinski definition) is 2. The summed E-state index contributed by atoms with van der Waals surface area (Å²) in [6.07, 6.45) is 16.1. The molecule has 2 N–H and O–H groups in total. The number of nitrogens with one attached hydrogen (secondary N) is 2. The fourth-order valence-electron chi connectivity index (χ4n) is 4.52. The zero-order chi connectivity index (χ0) is 15.2. The van der Waals surface area contributed by atoms with Gasteiger partial charge in [-0.25, -0.2) is 0 Å². The molecule has 2 fully saturated rings. The van der Waals surface area contributed by atoms with Gasteiger partial charge >= 0.3 is 0 Å². The molecule has 0 aromatic heterocycles. The summed E-state index contributed by atoms with van der Waals surface area (Å²) in [5.74, 6) is 0. The standard InChI is InChI=1S/C19H24N4.Co/c1-3-14-10-16-5-7-18(22-16)19-8-6-17(23-19)11-15-4-2-13(21-15)9-12(1)20-14;/h9-11,16,18-19,22-23H,1-8H2;. The third-order valence-electron chi connectivity index (χ3n) is 5.71. The SMILES string of the molecule is C1=C2CCC(=N2)C=C2CCC(N2)C2CCC(C=C3CCC1=N3)N2.[Co]. The fraction of sp³-hybridized carbons (Fsp3) is 0.579. The first kappa shape index (κ1) is 16.3. The fourth-order valence-corrected chi connectivity index (χ4v) is 4.52. The van der Waals surface area contributed by atoms with Crippen LogP contribution in [0.4, 0.5) is 0 Å². The summed E-state index contributed by atoms with van der Waals surface area (Å²) < 4.78 is 0. The molecular formula is C19H24CoN4. The van der Waals surface area contributed by atoms with Gasteiger partial charge in [0.2, 0.25) is 0 Å². The van der Waals surface area contributed by atoms with E-state index in [1.807, 2.05) is 0 Å². The Hall–Kier alpha value is -1.17. The summed E-state index contributed by atoms with van der Waals surface area (Å²) in [6, 6.07) is 1.67. The predicted octanol–water partition coefficient (Wildman–Crippen LogP) is 2.99. The molecule has 5 heteroatoms. The summed E-state index contributed by atoms with van der Waals surface area (Å²) in [7, 11) is 0. The first-order valence-electron chi connectivity index (χ1n) is 9.11. The van der Waals surface area contributed by atoms with E-state index in [0.717, 1.165) is 25.7 Å². The van der Waals surface area contributed by atoms with Gasteiger partial charge in [-0.15, -0.1) is 0 Å². The van der Waals surface area contributed by atoms with Gasteiger partial charge in [-0.2, -0.15) is 0 Å². The molecule has 0 aromatic carbocycles. The zero-order valence-corrected chi connectivity index (χ0v) is 14.9. The van der Waals surface area contributed by atoms with Crippen LogP contribution in [0.15, 0.2) is 45.3 Å². The van der Waals surface area contributed by atoms with Crippen LogP contribution in [0.5, 0.6) is 0 Å². The molecule has 3 unspecified atom stereocenters. The Bertz CT molecular complexity index is 685. The third-order valence-corrected chi connectivity index (χ3v) is 5.71. The second-order valence-corrected chi connectivity index (χ2v) is 7.42. The van der Waals surface area contributed by atoms with E-state index in [2.05, 4.69) is 28.9 Å². The summed E-state index contributed by atoms with van der Waals surface area (Å²) in [5, 5.41) is 7.58. The summed E-state index contributed by atoms with van der Waals surface area (Å²) in [5.41, 5.74) is 6.31. The Morgan fingerprint density at radius 2 is 1.58 bits per heavy atom. The van der Waals surface area contributed by atoms with Crippen molar-refractivity contribution in [1.29, 1.82) is 0 Å². The van der Waals surface area contributed by atoms with Crippen molar-refractivity contribution in [2.24, 2.45) is 9.98 Å². The quantitative estimate of drug-likeness (QED) is 0.692. The van der Waals surface area contributed by atoms with Gasteiger partial charge in [0.15, 0.2) is 0 Å². The van der Waals surface area contributed by atoms with Gasteiger partial charge in [0.1, 0.15) is 0 Å². The van der Waals surface area contributed by atoms with Crippen LogP contribution in [-0.2, 0) is 16.8 Å². The topological polar surface area (TPSA) is 48.8 Å². The molecule has 0 saturated carbocycles. The maximum absolute atomic E-state index is 4.84. The van der Waals surface area contributed by atoms with E-state index in [1.54, 1.807) is 0 Å². The third kappa shape index (κ3) is 3.17. The molecule has 1 radical (unpaired) electrons. The normalized spacial score (nSPS) is 34.0. The first-order chi connectivity index (χ1) is 11.3. The van der Waals surface area contributed by atoms with Gasteiger partial charge in [0.05, 0.1) is 0 Å². The van der Waals surface area contributed by atoms with Crippen LogP contribution in [-0.4, -0.2) is 29.5 Å². The first-order valence-corrected chi connectivity index (χ1v) is 9.11. The van der Waals surface area contributed by atoms with Crippen molar-refractivity contribution >= 4 is 11.4 Å². The number of nitrogens with zero attached hydrogens (tertiary/aromatic N) is 2. The van der Waals surface area contributed by atoms with Crippen molar-refractivity contribution in [3.8, 4) is 0 Å². The molecule has 0 spiro atoms. The molecule has 3 atom stereocenters. The molecule has 0 aliphatic carbocycles. The average Bonchev–Trinajstić information content (AvgIpc) is 3.28. The minimum atomic E-state index is 0. The van der Waals surface area contributed by atoms with Gasteiger partial charge < -0.3 is 10.6 Å². The molecular weight excluding hydrogens is 343 g/mol. The molecule has 8 bridgehead atoms. The Labute approximate surface area is 153 Å². The van der Waals surface area contributed by atoms with Crippen LogP contribution in [0.25, 0.3) is 0 Å². The van der Waals surface area contributed by atoms with Crippen LogP contribution < -0.4 is 10.6 Å². The zero-order valence-electron chi connectivity index (χ0n) is 13.8. The Balaban J connectivity index is 0.00000146. The maximum atomic E-state index is 4.84. The van der Waals surface area contributed by atoms with E-state index in [9.17, 15) is 0 Å². The molecule has 4 nitrogen and oxygen atoms in total.